The number of fused-ring (bicyclic) bond motifs is 1. The van der Waals surface area contributed by atoms with Crippen LogP contribution in [0.15, 0.2) is 72.8 Å². The van der Waals surface area contributed by atoms with Crippen molar-refractivity contribution in [3.63, 3.8) is 0 Å². The van der Waals surface area contributed by atoms with E-state index in [-0.39, 0.29) is 12.5 Å². The molecule has 208 valence electrons. The summed E-state index contributed by atoms with van der Waals surface area (Å²) in [5.74, 6) is -0.208. The van der Waals surface area contributed by atoms with E-state index in [2.05, 4.69) is 17.0 Å². The quantitative estimate of drug-likeness (QED) is 0.456. The number of para-hydroxylation sites is 1. The minimum absolute atomic E-state index is 0.208. The molecule has 1 amide bonds. The molecule has 0 unspecified atom stereocenters. The highest BCUT2D eigenvalue weighted by molar-refractivity contribution is 7.92. The van der Waals surface area contributed by atoms with Gasteiger partial charge in [-0.1, -0.05) is 77.8 Å². The zero-order chi connectivity index (χ0) is 28.0. The van der Waals surface area contributed by atoms with Crippen molar-refractivity contribution in [3.05, 3.63) is 99.5 Å². The first-order chi connectivity index (χ1) is 18.6. The lowest BCUT2D eigenvalue weighted by molar-refractivity contribution is -0.133. The summed E-state index contributed by atoms with van der Waals surface area (Å²) in [7, 11) is -3.53. The van der Waals surface area contributed by atoms with Gasteiger partial charge in [0.25, 0.3) is 0 Å². The third-order valence-corrected chi connectivity index (χ3v) is 8.78. The normalized spacial score (nSPS) is 16.3. The number of amides is 1. The predicted octanol–water partition coefficient (Wildman–Crippen LogP) is 4.56. The predicted molar refractivity (Wildman–Crippen MR) is 159 cm³/mol. The van der Waals surface area contributed by atoms with E-state index in [1.54, 1.807) is 23.1 Å². The third kappa shape index (κ3) is 7.96. The van der Waals surface area contributed by atoms with Gasteiger partial charge in [-0.2, -0.15) is 0 Å². The highest BCUT2D eigenvalue weighted by Crippen LogP contribution is 2.27. The average molecular weight is 590 g/mol. The maximum absolute atomic E-state index is 13.7. The van der Waals surface area contributed by atoms with Gasteiger partial charge in [0.15, 0.2) is 0 Å². The van der Waals surface area contributed by atoms with E-state index in [0.717, 1.165) is 16.7 Å². The number of nitrogens with zero attached hydrogens (tertiary/aromatic N) is 3. The van der Waals surface area contributed by atoms with E-state index in [4.69, 9.17) is 28.9 Å². The van der Waals surface area contributed by atoms with Crippen molar-refractivity contribution in [2.24, 2.45) is 5.73 Å². The Morgan fingerprint density at radius 1 is 0.897 bits per heavy atom. The molecular weight excluding hydrogens is 555 g/mol. The van der Waals surface area contributed by atoms with Crippen molar-refractivity contribution in [1.29, 1.82) is 0 Å². The van der Waals surface area contributed by atoms with Crippen molar-refractivity contribution >= 4 is 44.8 Å². The van der Waals surface area contributed by atoms with Crippen LogP contribution in [0, 0.1) is 0 Å². The Hall–Kier alpha value is -2.62. The van der Waals surface area contributed by atoms with Crippen molar-refractivity contribution in [3.8, 4) is 0 Å². The molecule has 3 aromatic rings. The summed E-state index contributed by atoms with van der Waals surface area (Å²) in [6.07, 6.45) is 2.18. The number of sulfonamides is 1. The van der Waals surface area contributed by atoms with Gasteiger partial charge in [0.05, 0.1) is 28.0 Å². The number of carbonyl (C=O) groups is 1. The van der Waals surface area contributed by atoms with Crippen molar-refractivity contribution in [2.75, 3.05) is 36.7 Å². The minimum atomic E-state index is -3.53. The number of nitrogens with two attached hydrogens (primary N) is 1. The fraction of sp³-hybridized carbons (Fsp3) is 0.345. The maximum Gasteiger partial charge on any atom is 0.240 e. The number of halogens is 2. The molecule has 39 heavy (non-hydrogen) atoms. The Kier molecular flexibility index (Phi) is 9.91. The van der Waals surface area contributed by atoms with E-state index >= 15 is 0 Å². The molecule has 1 atom stereocenters. The van der Waals surface area contributed by atoms with Gasteiger partial charge in [-0.25, -0.2) is 8.42 Å². The number of anilines is 1. The van der Waals surface area contributed by atoms with Crippen molar-refractivity contribution < 1.29 is 13.2 Å². The summed E-state index contributed by atoms with van der Waals surface area (Å²) in [4.78, 5) is 17.7. The van der Waals surface area contributed by atoms with E-state index in [1.807, 2.05) is 42.5 Å². The topological polar surface area (TPSA) is 87.0 Å². The molecule has 1 aliphatic heterocycles. The molecule has 1 aliphatic rings. The molecule has 0 spiro atoms. The number of hydrogen-bond donors (Lipinski definition) is 1. The Morgan fingerprint density at radius 3 is 2.33 bits per heavy atom. The number of rotatable bonds is 6. The third-order valence-electron chi connectivity index (χ3n) is 6.86. The number of benzene rings is 3. The molecule has 3 aromatic carbocycles. The molecule has 10 heteroatoms. The van der Waals surface area contributed by atoms with Crippen LogP contribution in [-0.4, -0.2) is 62.6 Å². The first kappa shape index (κ1) is 29.4. The van der Waals surface area contributed by atoms with Gasteiger partial charge in [0.1, 0.15) is 0 Å². The van der Waals surface area contributed by atoms with Crippen LogP contribution in [0.2, 0.25) is 10.0 Å². The molecule has 7 nitrogen and oxygen atoms in total. The van der Waals surface area contributed by atoms with Crippen LogP contribution in [-0.2, 0) is 34.3 Å². The highest BCUT2D eigenvalue weighted by Gasteiger charge is 2.27. The zero-order valence-corrected chi connectivity index (χ0v) is 24.3. The summed E-state index contributed by atoms with van der Waals surface area (Å²) >= 11 is 12.2. The first-order valence-electron chi connectivity index (χ1n) is 12.9. The fourth-order valence-corrected chi connectivity index (χ4v) is 6.20. The second-order valence-corrected chi connectivity index (χ2v) is 12.6. The second kappa shape index (κ2) is 13.2. The van der Waals surface area contributed by atoms with Crippen LogP contribution in [0.1, 0.15) is 23.1 Å². The molecule has 1 heterocycles. The van der Waals surface area contributed by atoms with Crippen LogP contribution in [0.25, 0.3) is 0 Å². The molecule has 2 N–H and O–H groups in total. The minimum Gasteiger partial charge on any atom is -0.336 e. The van der Waals surface area contributed by atoms with Gasteiger partial charge in [-0.15, -0.1) is 0 Å². The van der Waals surface area contributed by atoms with E-state index in [0.29, 0.717) is 61.3 Å². The van der Waals surface area contributed by atoms with Crippen molar-refractivity contribution in [2.45, 2.75) is 32.0 Å². The number of hydrogen-bond acceptors (Lipinski definition) is 5. The van der Waals surface area contributed by atoms with Gasteiger partial charge in [-0.3, -0.25) is 14.0 Å². The summed E-state index contributed by atoms with van der Waals surface area (Å²) in [6, 6.07) is 21.9. The molecule has 0 fully saturated rings. The van der Waals surface area contributed by atoms with Crippen LogP contribution in [0.5, 0.6) is 0 Å². The molecule has 0 saturated carbocycles. The lowest BCUT2D eigenvalue weighted by Crippen LogP contribution is -2.47. The molecule has 0 aliphatic carbocycles. The van der Waals surface area contributed by atoms with Gasteiger partial charge < -0.3 is 10.6 Å². The molecule has 4 rings (SSSR count). The molecule has 0 aromatic heterocycles. The Balaban J connectivity index is 1.63. The first-order valence-corrected chi connectivity index (χ1v) is 15.5. The van der Waals surface area contributed by atoms with Gasteiger partial charge >= 0.3 is 0 Å². The largest absolute Gasteiger partial charge is 0.336 e. The highest BCUT2D eigenvalue weighted by atomic mass is 35.5. The van der Waals surface area contributed by atoms with Crippen LogP contribution in [0.3, 0.4) is 0 Å². The van der Waals surface area contributed by atoms with Gasteiger partial charge in [-0.05, 0) is 47.7 Å². The summed E-state index contributed by atoms with van der Waals surface area (Å²) in [6.45, 7) is 3.06. The maximum atomic E-state index is 13.7. The Labute approximate surface area is 241 Å². The fourth-order valence-electron chi connectivity index (χ4n) is 4.88. The van der Waals surface area contributed by atoms with Crippen LogP contribution < -0.4 is 10.0 Å². The van der Waals surface area contributed by atoms with Gasteiger partial charge in [0, 0.05) is 39.3 Å². The molecular formula is C29H34Cl2N4O3S. The van der Waals surface area contributed by atoms with E-state index in [1.165, 1.54) is 10.6 Å². The van der Waals surface area contributed by atoms with Crippen LogP contribution in [0.4, 0.5) is 5.69 Å². The van der Waals surface area contributed by atoms with Crippen LogP contribution >= 0.6 is 23.2 Å². The number of carbonyl (C=O) groups excluding carboxylic acids is 1. The average Bonchev–Trinajstić information content (AvgIpc) is 2.94. The Morgan fingerprint density at radius 2 is 1.62 bits per heavy atom. The summed E-state index contributed by atoms with van der Waals surface area (Å²) in [5.41, 5.74) is 9.77. The smallest absolute Gasteiger partial charge is 0.240 e. The summed E-state index contributed by atoms with van der Waals surface area (Å²) in [5, 5.41) is 0.855. The van der Waals surface area contributed by atoms with E-state index < -0.39 is 16.1 Å². The van der Waals surface area contributed by atoms with Crippen molar-refractivity contribution in [1.82, 2.24) is 9.80 Å². The second-order valence-electron chi connectivity index (χ2n) is 9.90. The molecule has 0 saturated heterocycles. The standard InChI is InChI=1S/C29H34Cl2N4O3S/c1-39(37,38)35-15-7-14-33(20-22-8-3-2-4-9-22)16-17-34(21-24-10-5-6-11-28(24)35)29(36)27(32)19-23-12-13-25(30)26(31)18-23/h2-6,8-13,18,27H,7,14-17,19-21,32H2,1H3/t27-/m0/s1. The summed E-state index contributed by atoms with van der Waals surface area (Å²) < 4.78 is 27.1. The Bertz CT molecular complexity index is 1390. The molecule has 0 radical (unpaired) electrons. The molecule has 0 bridgehead atoms. The zero-order valence-electron chi connectivity index (χ0n) is 22.0. The van der Waals surface area contributed by atoms with Gasteiger partial charge in [0.2, 0.25) is 15.9 Å². The SMILES string of the molecule is CS(=O)(=O)N1CCCN(Cc2ccccc2)CCN(C(=O)[C@@H](N)Cc2ccc(Cl)c(Cl)c2)Cc2ccccc21. The lowest BCUT2D eigenvalue weighted by atomic mass is 10.0. The lowest BCUT2D eigenvalue weighted by Gasteiger charge is -2.30. The van der Waals surface area contributed by atoms with E-state index in [9.17, 15) is 13.2 Å². The monoisotopic (exact) mass is 588 g/mol.